The molecule has 1 amide bonds. The van der Waals surface area contributed by atoms with Crippen molar-refractivity contribution in [3.8, 4) is 0 Å². The number of methoxy groups -OCH3 is 1. The lowest BCUT2D eigenvalue weighted by Gasteiger charge is -2.22. The molecule has 0 bridgehead atoms. The number of esters is 1. The molecule has 1 unspecified atom stereocenters. The van der Waals surface area contributed by atoms with E-state index < -0.39 is 5.97 Å². The molecule has 28 heavy (non-hydrogen) atoms. The number of aromatic nitrogens is 3. The minimum atomic E-state index is -0.501. The van der Waals surface area contributed by atoms with Crippen LogP contribution in [0, 0.1) is 6.92 Å². The molecular weight excluding hydrogens is 356 g/mol. The summed E-state index contributed by atoms with van der Waals surface area (Å²) in [6.45, 7) is 2.60. The highest BCUT2D eigenvalue weighted by Crippen LogP contribution is 2.38. The fourth-order valence-electron chi connectivity index (χ4n) is 3.57. The number of hydrogen-bond acceptors (Lipinski definition) is 5. The lowest BCUT2D eigenvalue weighted by Crippen LogP contribution is -2.24. The number of ether oxygens (including phenoxy) is 1. The van der Waals surface area contributed by atoms with Crippen molar-refractivity contribution in [2.45, 2.75) is 25.8 Å². The number of amides is 1. The zero-order chi connectivity index (χ0) is 19.7. The van der Waals surface area contributed by atoms with E-state index in [1.54, 1.807) is 12.1 Å². The number of nitrogens with one attached hydrogen (secondary N) is 1. The summed E-state index contributed by atoms with van der Waals surface area (Å²) in [4.78, 5) is 28.6. The molecule has 1 N–H and O–H groups in total. The molecule has 2 aromatic heterocycles. The number of fused-ring (bicyclic) bond motifs is 1. The number of carbonyl (C=O) groups is 2. The van der Waals surface area contributed by atoms with Crippen molar-refractivity contribution < 1.29 is 14.3 Å². The minimum Gasteiger partial charge on any atom is -0.464 e. The van der Waals surface area contributed by atoms with Crippen LogP contribution in [-0.2, 0) is 16.1 Å². The molecule has 0 spiro atoms. The first kappa shape index (κ1) is 17.9. The molecule has 0 fully saturated rings. The van der Waals surface area contributed by atoms with Gasteiger partial charge in [0.1, 0.15) is 5.69 Å². The van der Waals surface area contributed by atoms with Gasteiger partial charge >= 0.3 is 5.97 Å². The van der Waals surface area contributed by atoms with E-state index in [2.05, 4.69) is 15.4 Å². The molecule has 1 aliphatic rings. The maximum atomic E-state index is 12.3. The summed E-state index contributed by atoms with van der Waals surface area (Å²) in [5, 5.41) is 7.48. The van der Waals surface area contributed by atoms with E-state index in [9.17, 15) is 9.59 Å². The van der Waals surface area contributed by atoms with E-state index in [4.69, 9.17) is 4.74 Å². The molecule has 7 nitrogen and oxygen atoms in total. The molecule has 7 heteroatoms. The van der Waals surface area contributed by atoms with Crippen molar-refractivity contribution in [2.24, 2.45) is 0 Å². The molecule has 1 aliphatic heterocycles. The van der Waals surface area contributed by atoms with E-state index in [0.29, 0.717) is 18.1 Å². The van der Waals surface area contributed by atoms with Gasteiger partial charge in [-0.1, -0.05) is 36.4 Å². The lowest BCUT2D eigenvalue weighted by atomic mass is 9.88. The predicted molar refractivity (Wildman–Crippen MR) is 103 cm³/mol. The molecular formula is C21H20N4O3. The standard InChI is InChI=1S/C21H20N4O3/c1-13-19-15(16-9-6-10-17(22-16)21(27)28-2)11-18(26)23-20(19)24-25(13)12-14-7-4-3-5-8-14/h3-10,15H,11-12H2,1-2H3,(H,23,24,26). The molecule has 4 rings (SSSR count). The molecule has 3 heterocycles. The third-order valence-electron chi connectivity index (χ3n) is 4.95. The van der Waals surface area contributed by atoms with Crippen LogP contribution in [0.4, 0.5) is 5.82 Å². The number of carbonyl (C=O) groups excluding carboxylic acids is 2. The van der Waals surface area contributed by atoms with Gasteiger partial charge in [-0.2, -0.15) is 5.10 Å². The summed E-state index contributed by atoms with van der Waals surface area (Å²) in [5.41, 5.74) is 3.90. The van der Waals surface area contributed by atoms with Gasteiger partial charge in [-0.3, -0.25) is 9.48 Å². The second-order valence-electron chi connectivity index (χ2n) is 6.74. The Labute approximate surface area is 162 Å². The molecule has 1 aromatic carbocycles. The van der Waals surface area contributed by atoms with Crippen LogP contribution in [0.1, 0.15) is 45.3 Å². The van der Waals surface area contributed by atoms with Crippen LogP contribution >= 0.6 is 0 Å². The van der Waals surface area contributed by atoms with E-state index in [0.717, 1.165) is 16.8 Å². The fraction of sp³-hybridized carbons (Fsp3) is 0.238. The largest absolute Gasteiger partial charge is 0.464 e. The number of nitrogens with zero attached hydrogens (tertiary/aromatic N) is 3. The number of rotatable bonds is 4. The first-order valence-corrected chi connectivity index (χ1v) is 9.03. The van der Waals surface area contributed by atoms with Crippen LogP contribution in [0.3, 0.4) is 0 Å². The quantitative estimate of drug-likeness (QED) is 0.708. The molecule has 3 aromatic rings. The average molecular weight is 376 g/mol. The first-order valence-electron chi connectivity index (χ1n) is 9.03. The molecule has 0 radical (unpaired) electrons. The zero-order valence-electron chi connectivity index (χ0n) is 15.7. The van der Waals surface area contributed by atoms with Crippen LogP contribution < -0.4 is 5.32 Å². The van der Waals surface area contributed by atoms with E-state index in [1.807, 2.05) is 48.0 Å². The molecule has 0 saturated carbocycles. The zero-order valence-corrected chi connectivity index (χ0v) is 15.7. The number of benzene rings is 1. The SMILES string of the molecule is COC(=O)c1cccc(C2CC(=O)Nc3nn(Cc4ccccc4)c(C)c32)n1. The molecule has 1 atom stereocenters. The monoisotopic (exact) mass is 376 g/mol. The summed E-state index contributed by atoms with van der Waals surface area (Å²) < 4.78 is 6.66. The number of hydrogen-bond donors (Lipinski definition) is 1. The van der Waals surface area contributed by atoms with Crippen molar-refractivity contribution >= 4 is 17.7 Å². The normalized spacial score (nSPS) is 15.6. The van der Waals surface area contributed by atoms with Crippen molar-refractivity contribution in [3.63, 3.8) is 0 Å². The molecule has 0 saturated heterocycles. The smallest absolute Gasteiger partial charge is 0.356 e. The fourth-order valence-corrected chi connectivity index (χ4v) is 3.57. The van der Waals surface area contributed by atoms with Gasteiger partial charge in [-0.05, 0) is 24.6 Å². The van der Waals surface area contributed by atoms with Gasteiger partial charge in [-0.25, -0.2) is 9.78 Å². The molecule has 0 aliphatic carbocycles. The first-order chi connectivity index (χ1) is 13.6. The summed E-state index contributed by atoms with van der Waals surface area (Å²) in [6, 6.07) is 15.2. The van der Waals surface area contributed by atoms with E-state index >= 15 is 0 Å². The van der Waals surface area contributed by atoms with Crippen LogP contribution in [-0.4, -0.2) is 33.8 Å². The Morgan fingerprint density at radius 2 is 2.00 bits per heavy atom. The Morgan fingerprint density at radius 1 is 1.21 bits per heavy atom. The second-order valence-corrected chi connectivity index (χ2v) is 6.74. The number of anilines is 1. The Kier molecular flexibility index (Phi) is 4.65. The van der Waals surface area contributed by atoms with Crippen LogP contribution in [0.15, 0.2) is 48.5 Å². The predicted octanol–water partition coefficient (Wildman–Crippen LogP) is 2.90. The van der Waals surface area contributed by atoms with Gasteiger partial charge in [0, 0.05) is 29.3 Å². The third-order valence-corrected chi connectivity index (χ3v) is 4.95. The van der Waals surface area contributed by atoms with Gasteiger partial charge in [-0.15, -0.1) is 0 Å². The highest BCUT2D eigenvalue weighted by Gasteiger charge is 2.33. The summed E-state index contributed by atoms with van der Waals surface area (Å²) in [5.74, 6) is -0.330. The maximum absolute atomic E-state index is 12.3. The maximum Gasteiger partial charge on any atom is 0.356 e. The van der Waals surface area contributed by atoms with Crippen molar-refractivity contribution in [1.29, 1.82) is 0 Å². The van der Waals surface area contributed by atoms with E-state index in [1.165, 1.54) is 7.11 Å². The Bertz CT molecular complexity index is 1040. The van der Waals surface area contributed by atoms with Gasteiger partial charge in [0.15, 0.2) is 5.82 Å². The topological polar surface area (TPSA) is 86.1 Å². The van der Waals surface area contributed by atoms with Crippen molar-refractivity contribution in [3.05, 3.63) is 76.7 Å². The minimum absolute atomic E-state index is 0.118. The summed E-state index contributed by atoms with van der Waals surface area (Å²) in [7, 11) is 1.32. The lowest BCUT2D eigenvalue weighted by molar-refractivity contribution is -0.116. The van der Waals surface area contributed by atoms with Crippen molar-refractivity contribution in [2.75, 3.05) is 12.4 Å². The van der Waals surface area contributed by atoms with Crippen LogP contribution in [0.25, 0.3) is 0 Å². The molecule has 142 valence electrons. The number of pyridine rings is 1. The van der Waals surface area contributed by atoms with Gasteiger partial charge in [0.25, 0.3) is 0 Å². The Morgan fingerprint density at radius 3 is 2.75 bits per heavy atom. The summed E-state index contributed by atoms with van der Waals surface area (Å²) >= 11 is 0. The summed E-state index contributed by atoms with van der Waals surface area (Å²) in [6.07, 6.45) is 0.252. The Balaban J connectivity index is 1.75. The van der Waals surface area contributed by atoms with Gasteiger partial charge in [0.05, 0.1) is 13.7 Å². The van der Waals surface area contributed by atoms with Crippen molar-refractivity contribution in [1.82, 2.24) is 14.8 Å². The van der Waals surface area contributed by atoms with Crippen LogP contribution in [0.5, 0.6) is 0 Å². The van der Waals surface area contributed by atoms with Gasteiger partial charge < -0.3 is 10.1 Å². The van der Waals surface area contributed by atoms with Crippen LogP contribution in [0.2, 0.25) is 0 Å². The second kappa shape index (κ2) is 7.26. The average Bonchev–Trinajstić information content (AvgIpc) is 3.02. The Hall–Kier alpha value is -3.48. The third kappa shape index (κ3) is 3.26. The highest BCUT2D eigenvalue weighted by molar-refractivity contribution is 5.94. The van der Waals surface area contributed by atoms with E-state index in [-0.39, 0.29) is 23.9 Å². The van der Waals surface area contributed by atoms with Gasteiger partial charge in [0.2, 0.25) is 5.91 Å². The highest BCUT2D eigenvalue weighted by atomic mass is 16.5.